The van der Waals surface area contributed by atoms with Gasteiger partial charge in [0.1, 0.15) is 0 Å². The van der Waals surface area contributed by atoms with E-state index in [1.807, 2.05) is 6.92 Å². The highest BCUT2D eigenvalue weighted by molar-refractivity contribution is 7.98. The van der Waals surface area contributed by atoms with E-state index in [4.69, 9.17) is 0 Å². The number of halogens is 3. The molecule has 0 fully saturated rings. The highest BCUT2D eigenvalue weighted by Crippen LogP contribution is 2.30. The van der Waals surface area contributed by atoms with E-state index in [0.29, 0.717) is 28.6 Å². The van der Waals surface area contributed by atoms with Crippen LogP contribution in [0.25, 0.3) is 0 Å². The Labute approximate surface area is 130 Å². The summed E-state index contributed by atoms with van der Waals surface area (Å²) < 4.78 is 38.0. The summed E-state index contributed by atoms with van der Waals surface area (Å²) in [5, 5.41) is 0.424. The second-order valence-corrected chi connectivity index (χ2v) is 5.74. The third-order valence-electron chi connectivity index (χ3n) is 2.91. The predicted octanol–water partition coefficient (Wildman–Crippen LogP) is 4.03. The van der Waals surface area contributed by atoms with Crippen molar-refractivity contribution >= 4 is 11.8 Å². The summed E-state index contributed by atoms with van der Waals surface area (Å²) in [5.41, 5.74) is 0.304. The van der Waals surface area contributed by atoms with Crippen LogP contribution in [-0.4, -0.2) is 9.97 Å². The fraction of sp³-hybridized carbons (Fsp3) is 0.333. The SMILES string of the molecule is CCCc1cc(=O)[nH]c(SCc2cccc(C(F)(F)F)c2)n1. The first-order chi connectivity index (χ1) is 10.4. The molecular formula is C15H15F3N2OS. The number of hydrogen-bond acceptors (Lipinski definition) is 3. The summed E-state index contributed by atoms with van der Waals surface area (Å²) >= 11 is 1.21. The minimum absolute atomic E-state index is 0.245. The van der Waals surface area contributed by atoms with E-state index in [1.165, 1.54) is 23.9 Å². The van der Waals surface area contributed by atoms with E-state index in [1.54, 1.807) is 6.07 Å². The molecule has 0 aliphatic carbocycles. The number of nitrogens with one attached hydrogen (secondary N) is 1. The van der Waals surface area contributed by atoms with Crippen LogP contribution in [0.3, 0.4) is 0 Å². The number of H-pyrrole nitrogens is 1. The summed E-state index contributed by atoms with van der Waals surface area (Å²) in [6, 6.07) is 6.59. The quantitative estimate of drug-likeness (QED) is 0.666. The number of aromatic nitrogens is 2. The molecule has 2 aromatic rings. The van der Waals surface area contributed by atoms with E-state index < -0.39 is 11.7 Å². The lowest BCUT2D eigenvalue weighted by molar-refractivity contribution is -0.137. The molecule has 22 heavy (non-hydrogen) atoms. The number of aryl methyl sites for hydroxylation is 1. The van der Waals surface area contributed by atoms with Crippen LogP contribution in [0.1, 0.15) is 30.2 Å². The molecule has 1 aromatic heterocycles. The maximum Gasteiger partial charge on any atom is 0.416 e. The Balaban J connectivity index is 2.12. The van der Waals surface area contributed by atoms with Gasteiger partial charge in [0.2, 0.25) is 0 Å². The first kappa shape index (κ1) is 16.6. The lowest BCUT2D eigenvalue weighted by Gasteiger charge is -2.08. The van der Waals surface area contributed by atoms with Crippen LogP contribution in [0.2, 0.25) is 0 Å². The number of alkyl halides is 3. The molecule has 2 rings (SSSR count). The van der Waals surface area contributed by atoms with Crippen LogP contribution in [0.15, 0.2) is 40.3 Å². The number of nitrogens with zero attached hydrogens (tertiary/aromatic N) is 1. The van der Waals surface area contributed by atoms with Crippen LogP contribution in [0.4, 0.5) is 13.2 Å². The van der Waals surface area contributed by atoms with Gasteiger partial charge < -0.3 is 4.98 Å². The molecule has 0 bridgehead atoms. The molecule has 0 radical (unpaired) electrons. The predicted molar refractivity (Wildman–Crippen MR) is 79.9 cm³/mol. The summed E-state index contributed by atoms with van der Waals surface area (Å²) in [5.74, 6) is 0.308. The number of rotatable bonds is 5. The van der Waals surface area contributed by atoms with Crippen LogP contribution in [0.5, 0.6) is 0 Å². The van der Waals surface area contributed by atoms with Crippen LogP contribution in [-0.2, 0) is 18.3 Å². The molecule has 1 aromatic carbocycles. The molecule has 0 aliphatic heterocycles. The summed E-state index contributed by atoms with van der Waals surface area (Å²) in [6.07, 6.45) is -2.79. The van der Waals surface area contributed by atoms with Crippen molar-refractivity contribution in [2.75, 3.05) is 0 Å². The molecular weight excluding hydrogens is 313 g/mol. The molecule has 0 atom stereocenters. The lowest BCUT2D eigenvalue weighted by Crippen LogP contribution is -2.10. The fourth-order valence-corrected chi connectivity index (χ4v) is 2.76. The van der Waals surface area contributed by atoms with Crippen molar-refractivity contribution in [1.82, 2.24) is 9.97 Å². The fourth-order valence-electron chi connectivity index (χ4n) is 1.93. The van der Waals surface area contributed by atoms with Crippen LogP contribution in [0, 0.1) is 0 Å². The first-order valence-corrected chi connectivity index (χ1v) is 7.76. The molecule has 0 amide bonds. The molecule has 0 spiro atoms. The molecule has 1 heterocycles. The van der Waals surface area contributed by atoms with E-state index in [0.717, 1.165) is 18.6 Å². The minimum Gasteiger partial charge on any atom is -0.301 e. The van der Waals surface area contributed by atoms with E-state index in [2.05, 4.69) is 9.97 Å². The van der Waals surface area contributed by atoms with Gasteiger partial charge in [-0.1, -0.05) is 43.3 Å². The average molecular weight is 328 g/mol. The number of aromatic amines is 1. The summed E-state index contributed by atoms with van der Waals surface area (Å²) in [4.78, 5) is 18.4. The average Bonchev–Trinajstić information content (AvgIpc) is 2.44. The monoisotopic (exact) mass is 328 g/mol. The zero-order valence-corrected chi connectivity index (χ0v) is 12.7. The smallest absolute Gasteiger partial charge is 0.301 e. The van der Waals surface area contributed by atoms with Gasteiger partial charge in [-0.15, -0.1) is 0 Å². The Hall–Kier alpha value is -1.76. The van der Waals surface area contributed by atoms with Crippen molar-refractivity contribution in [1.29, 1.82) is 0 Å². The van der Waals surface area contributed by atoms with Crippen molar-refractivity contribution in [2.24, 2.45) is 0 Å². The Kier molecular flexibility index (Phi) is 5.28. The Morgan fingerprint density at radius 3 is 2.73 bits per heavy atom. The van der Waals surface area contributed by atoms with Gasteiger partial charge in [0, 0.05) is 17.5 Å². The largest absolute Gasteiger partial charge is 0.416 e. The van der Waals surface area contributed by atoms with Gasteiger partial charge in [-0.2, -0.15) is 13.2 Å². The second-order valence-electron chi connectivity index (χ2n) is 4.78. The van der Waals surface area contributed by atoms with E-state index in [-0.39, 0.29) is 5.56 Å². The molecule has 0 aliphatic rings. The van der Waals surface area contributed by atoms with Crippen LogP contribution < -0.4 is 5.56 Å². The second kappa shape index (κ2) is 7.00. The summed E-state index contributed by atoms with van der Waals surface area (Å²) in [6.45, 7) is 1.98. The Morgan fingerprint density at radius 1 is 1.27 bits per heavy atom. The topological polar surface area (TPSA) is 45.8 Å². The van der Waals surface area contributed by atoms with Crippen molar-refractivity contribution in [3.05, 3.63) is 57.5 Å². The molecule has 0 saturated heterocycles. The van der Waals surface area contributed by atoms with E-state index in [9.17, 15) is 18.0 Å². The first-order valence-electron chi connectivity index (χ1n) is 6.77. The summed E-state index contributed by atoms with van der Waals surface area (Å²) in [7, 11) is 0. The molecule has 0 unspecified atom stereocenters. The molecule has 3 nitrogen and oxygen atoms in total. The lowest BCUT2D eigenvalue weighted by atomic mass is 10.1. The zero-order chi connectivity index (χ0) is 16.2. The third kappa shape index (κ3) is 4.62. The Bertz CT molecular complexity index is 698. The van der Waals surface area contributed by atoms with Gasteiger partial charge in [0.25, 0.3) is 5.56 Å². The van der Waals surface area contributed by atoms with Gasteiger partial charge in [0.15, 0.2) is 5.16 Å². The van der Waals surface area contributed by atoms with Gasteiger partial charge in [-0.25, -0.2) is 4.98 Å². The number of thioether (sulfide) groups is 1. The van der Waals surface area contributed by atoms with Gasteiger partial charge >= 0.3 is 6.18 Å². The van der Waals surface area contributed by atoms with Crippen molar-refractivity contribution < 1.29 is 13.2 Å². The maximum absolute atomic E-state index is 12.7. The number of benzene rings is 1. The molecule has 1 N–H and O–H groups in total. The third-order valence-corrected chi connectivity index (χ3v) is 3.85. The van der Waals surface area contributed by atoms with E-state index >= 15 is 0 Å². The van der Waals surface area contributed by atoms with Crippen molar-refractivity contribution in [3.63, 3.8) is 0 Å². The normalized spacial score (nSPS) is 11.6. The minimum atomic E-state index is -4.35. The maximum atomic E-state index is 12.7. The van der Waals surface area contributed by atoms with Gasteiger partial charge in [0.05, 0.1) is 5.56 Å². The molecule has 0 saturated carbocycles. The number of hydrogen-bond donors (Lipinski definition) is 1. The zero-order valence-electron chi connectivity index (χ0n) is 11.9. The van der Waals surface area contributed by atoms with Crippen LogP contribution >= 0.6 is 11.8 Å². The van der Waals surface area contributed by atoms with Crippen molar-refractivity contribution in [3.8, 4) is 0 Å². The highest BCUT2D eigenvalue weighted by atomic mass is 32.2. The van der Waals surface area contributed by atoms with Gasteiger partial charge in [-0.3, -0.25) is 4.79 Å². The molecule has 7 heteroatoms. The standard InChI is InChI=1S/C15H15F3N2OS/c1-2-4-12-8-13(21)20-14(19-12)22-9-10-5-3-6-11(7-10)15(16,17)18/h3,5-8H,2,4,9H2,1H3,(H,19,20,21). The highest BCUT2D eigenvalue weighted by Gasteiger charge is 2.30. The Morgan fingerprint density at radius 2 is 2.05 bits per heavy atom. The molecule has 118 valence electrons. The van der Waals surface area contributed by atoms with Crippen molar-refractivity contribution in [2.45, 2.75) is 36.9 Å². The van der Waals surface area contributed by atoms with Gasteiger partial charge in [-0.05, 0) is 18.1 Å².